The van der Waals surface area contributed by atoms with Gasteiger partial charge in [0.15, 0.2) is 0 Å². The lowest BCUT2D eigenvalue weighted by atomic mass is 10.2. The summed E-state index contributed by atoms with van der Waals surface area (Å²) in [6, 6.07) is 3.81. The van der Waals surface area contributed by atoms with Gasteiger partial charge in [0.2, 0.25) is 0 Å². The van der Waals surface area contributed by atoms with Gasteiger partial charge in [0.25, 0.3) is 0 Å². The summed E-state index contributed by atoms with van der Waals surface area (Å²) in [6.45, 7) is 8.61. The van der Waals surface area contributed by atoms with E-state index in [1.54, 1.807) is 0 Å². The van der Waals surface area contributed by atoms with Crippen molar-refractivity contribution in [2.45, 2.75) is 26.6 Å². The summed E-state index contributed by atoms with van der Waals surface area (Å²) in [6.07, 6.45) is 0. The summed E-state index contributed by atoms with van der Waals surface area (Å²) < 4.78 is 0. The molecule has 4 heteroatoms. The molecular formula is C10H15Cl2NSi. The molecule has 1 aromatic rings. The maximum absolute atomic E-state index is 6.18. The van der Waals surface area contributed by atoms with Gasteiger partial charge in [-0.3, -0.25) is 0 Å². The smallest absolute Gasteiger partial charge is 0.144 e. The van der Waals surface area contributed by atoms with Crippen LogP contribution in [0.3, 0.4) is 0 Å². The van der Waals surface area contributed by atoms with Gasteiger partial charge in [-0.1, -0.05) is 48.9 Å². The number of nitrogens with one attached hydrogen (secondary N) is 1. The summed E-state index contributed by atoms with van der Waals surface area (Å²) in [5.41, 5.74) is 1.93. The number of halogens is 2. The van der Waals surface area contributed by atoms with Crippen LogP contribution in [0.25, 0.3) is 0 Å². The average molecular weight is 248 g/mol. The van der Waals surface area contributed by atoms with Gasteiger partial charge in [-0.25, -0.2) is 0 Å². The molecule has 0 fully saturated rings. The standard InChI is InChI=1S/C10H15Cl2NSi/c1-7-5-6-8(11)10(9(7)12)13-14(2,3)4/h5-6,13H,1-4H3. The first-order valence-electron chi connectivity index (χ1n) is 4.54. The molecule has 0 unspecified atom stereocenters. The Morgan fingerprint density at radius 3 is 2.21 bits per heavy atom. The molecule has 0 bridgehead atoms. The van der Waals surface area contributed by atoms with E-state index in [2.05, 4.69) is 24.6 Å². The molecule has 1 aromatic carbocycles. The molecule has 0 aliphatic heterocycles. The van der Waals surface area contributed by atoms with Crippen LogP contribution in [0.15, 0.2) is 12.1 Å². The molecule has 1 N–H and O–H groups in total. The van der Waals surface area contributed by atoms with Crippen molar-refractivity contribution < 1.29 is 0 Å². The van der Waals surface area contributed by atoms with E-state index in [0.29, 0.717) is 5.02 Å². The van der Waals surface area contributed by atoms with Crippen LogP contribution in [0, 0.1) is 6.92 Å². The van der Waals surface area contributed by atoms with E-state index in [9.17, 15) is 0 Å². The van der Waals surface area contributed by atoms with Crippen molar-refractivity contribution in [3.8, 4) is 0 Å². The molecule has 0 aromatic heterocycles. The first kappa shape index (κ1) is 11.9. The average Bonchev–Trinajstić information content (AvgIpc) is 2.04. The van der Waals surface area contributed by atoms with Gasteiger partial charge in [0.1, 0.15) is 8.24 Å². The van der Waals surface area contributed by atoms with Crippen molar-refractivity contribution in [3.05, 3.63) is 27.7 Å². The largest absolute Gasteiger partial charge is 0.408 e. The van der Waals surface area contributed by atoms with Crippen molar-refractivity contribution in [1.29, 1.82) is 0 Å². The molecule has 0 spiro atoms. The molecule has 0 heterocycles. The minimum absolute atomic E-state index is 0.697. The van der Waals surface area contributed by atoms with Gasteiger partial charge in [-0.05, 0) is 18.6 Å². The summed E-state index contributed by atoms with van der Waals surface area (Å²) in [7, 11) is -1.40. The minimum atomic E-state index is -1.40. The fourth-order valence-corrected chi connectivity index (χ4v) is 2.78. The second-order valence-corrected chi connectivity index (χ2v) is 9.96. The molecule has 78 valence electrons. The van der Waals surface area contributed by atoms with Gasteiger partial charge in [-0.2, -0.15) is 0 Å². The third kappa shape index (κ3) is 2.90. The van der Waals surface area contributed by atoms with E-state index in [-0.39, 0.29) is 0 Å². The lowest BCUT2D eigenvalue weighted by Crippen LogP contribution is -2.32. The molecular weight excluding hydrogens is 233 g/mol. The zero-order valence-electron chi connectivity index (χ0n) is 8.91. The van der Waals surface area contributed by atoms with E-state index >= 15 is 0 Å². The Hall–Kier alpha value is -0.183. The van der Waals surface area contributed by atoms with Crippen LogP contribution in [0.4, 0.5) is 5.69 Å². The number of hydrogen-bond donors (Lipinski definition) is 1. The van der Waals surface area contributed by atoms with E-state index in [1.807, 2.05) is 19.1 Å². The second-order valence-electron chi connectivity index (χ2n) is 4.43. The van der Waals surface area contributed by atoms with Gasteiger partial charge >= 0.3 is 0 Å². The zero-order chi connectivity index (χ0) is 10.9. The second kappa shape index (κ2) is 4.13. The molecule has 0 aliphatic carbocycles. The van der Waals surface area contributed by atoms with Crippen molar-refractivity contribution in [1.82, 2.24) is 0 Å². The molecule has 1 nitrogen and oxygen atoms in total. The van der Waals surface area contributed by atoms with Gasteiger partial charge < -0.3 is 4.98 Å². The highest BCUT2D eigenvalue weighted by molar-refractivity contribution is 6.79. The van der Waals surface area contributed by atoms with Crippen LogP contribution in [0.1, 0.15) is 5.56 Å². The van der Waals surface area contributed by atoms with E-state index in [4.69, 9.17) is 23.2 Å². The quantitative estimate of drug-likeness (QED) is 0.757. The SMILES string of the molecule is Cc1ccc(Cl)c(N[Si](C)(C)C)c1Cl. The van der Waals surface area contributed by atoms with Crippen molar-refractivity contribution in [3.63, 3.8) is 0 Å². The van der Waals surface area contributed by atoms with E-state index in [0.717, 1.165) is 16.3 Å². The summed E-state index contributed by atoms with van der Waals surface area (Å²) in [5.74, 6) is 0. The predicted molar refractivity (Wildman–Crippen MR) is 68.2 cm³/mol. The first-order valence-corrected chi connectivity index (χ1v) is 8.79. The molecule has 14 heavy (non-hydrogen) atoms. The van der Waals surface area contributed by atoms with Gasteiger partial charge in [0, 0.05) is 0 Å². The highest BCUT2D eigenvalue weighted by atomic mass is 35.5. The molecule has 0 atom stereocenters. The van der Waals surface area contributed by atoms with Crippen molar-refractivity contribution >= 4 is 37.1 Å². The fourth-order valence-electron chi connectivity index (χ4n) is 1.15. The van der Waals surface area contributed by atoms with Crippen LogP contribution in [-0.2, 0) is 0 Å². The number of anilines is 1. The zero-order valence-corrected chi connectivity index (χ0v) is 11.4. The number of benzene rings is 1. The highest BCUT2D eigenvalue weighted by Gasteiger charge is 2.17. The Morgan fingerprint density at radius 2 is 1.71 bits per heavy atom. The van der Waals surface area contributed by atoms with Crippen LogP contribution in [0.2, 0.25) is 29.7 Å². The Kier molecular flexibility index (Phi) is 3.51. The molecule has 0 radical (unpaired) electrons. The fraction of sp³-hybridized carbons (Fsp3) is 0.400. The molecule has 0 aliphatic rings. The Morgan fingerprint density at radius 1 is 1.14 bits per heavy atom. The van der Waals surface area contributed by atoms with Crippen LogP contribution in [0.5, 0.6) is 0 Å². The minimum Gasteiger partial charge on any atom is -0.408 e. The number of hydrogen-bond acceptors (Lipinski definition) is 1. The van der Waals surface area contributed by atoms with Crippen LogP contribution >= 0.6 is 23.2 Å². The van der Waals surface area contributed by atoms with E-state index in [1.165, 1.54) is 0 Å². The summed E-state index contributed by atoms with van der Waals surface area (Å²) in [5, 5.41) is 1.43. The molecule has 0 saturated carbocycles. The van der Waals surface area contributed by atoms with Crippen LogP contribution in [-0.4, -0.2) is 8.24 Å². The third-order valence-corrected chi connectivity index (χ3v) is 3.59. The lowest BCUT2D eigenvalue weighted by Gasteiger charge is -2.22. The first-order chi connectivity index (χ1) is 6.31. The maximum atomic E-state index is 6.18. The van der Waals surface area contributed by atoms with E-state index < -0.39 is 8.24 Å². The number of rotatable bonds is 2. The third-order valence-electron chi connectivity index (χ3n) is 1.78. The topological polar surface area (TPSA) is 12.0 Å². The monoisotopic (exact) mass is 247 g/mol. The number of aryl methyl sites for hydroxylation is 1. The summed E-state index contributed by atoms with van der Waals surface area (Å²) in [4.78, 5) is 3.43. The lowest BCUT2D eigenvalue weighted by molar-refractivity contribution is 1.45. The van der Waals surface area contributed by atoms with Gasteiger partial charge in [0.05, 0.1) is 15.7 Å². The Bertz CT molecular complexity index is 345. The van der Waals surface area contributed by atoms with Crippen molar-refractivity contribution in [2.24, 2.45) is 0 Å². The predicted octanol–water partition coefficient (Wildman–Crippen LogP) is 4.55. The van der Waals surface area contributed by atoms with Gasteiger partial charge in [-0.15, -0.1) is 0 Å². The maximum Gasteiger partial charge on any atom is 0.144 e. The molecule has 0 amide bonds. The Labute approximate surface area is 96.5 Å². The highest BCUT2D eigenvalue weighted by Crippen LogP contribution is 2.34. The van der Waals surface area contributed by atoms with Crippen LogP contribution < -0.4 is 4.98 Å². The summed E-state index contributed by atoms with van der Waals surface area (Å²) >= 11 is 12.3. The molecule has 1 rings (SSSR count). The van der Waals surface area contributed by atoms with Crippen molar-refractivity contribution in [2.75, 3.05) is 4.98 Å². The normalized spacial score (nSPS) is 11.6. The Balaban J connectivity index is 3.13. The molecule has 0 saturated heterocycles.